The second-order valence-corrected chi connectivity index (χ2v) is 7.04. The summed E-state index contributed by atoms with van der Waals surface area (Å²) < 4.78 is 8.76. The number of furan rings is 1. The molecule has 0 fully saturated rings. The normalized spacial score (nSPS) is 11.0. The minimum absolute atomic E-state index is 0. The highest BCUT2D eigenvalue weighted by Crippen LogP contribution is 2.24. The highest BCUT2D eigenvalue weighted by Gasteiger charge is 2.19. The summed E-state index contributed by atoms with van der Waals surface area (Å²) in [6.45, 7) is 0.918. The van der Waals surface area contributed by atoms with Crippen LogP contribution in [0.4, 0.5) is 5.95 Å². The summed E-state index contributed by atoms with van der Waals surface area (Å²) in [6, 6.07) is 13.7. The first-order chi connectivity index (χ1) is 15.2. The lowest BCUT2D eigenvalue weighted by molar-refractivity contribution is -0.116. The van der Waals surface area contributed by atoms with Crippen LogP contribution in [0, 0.1) is 0 Å². The van der Waals surface area contributed by atoms with Crippen LogP contribution in [0.3, 0.4) is 0 Å². The predicted molar refractivity (Wildman–Crippen MR) is 121 cm³/mol. The molecule has 0 atom stereocenters. The molecule has 0 aliphatic heterocycles. The number of carbonyl (C=O) groups excluding carboxylic acids is 1. The zero-order valence-corrected chi connectivity index (χ0v) is 17.8. The van der Waals surface area contributed by atoms with Crippen molar-refractivity contribution in [3.8, 4) is 11.6 Å². The van der Waals surface area contributed by atoms with E-state index in [4.69, 9.17) is 10.2 Å². The van der Waals surface area contributed by atoms with E-state index >= 15 is 0 Å². The molecule has 5 rings (SSSR count). The van der Waals surface area contributed by atoms with Gasteiger partial charge in [0.05, 0.1) is 11.6 Å². The Kier molecular flexibility index (Phi) is 6.15. The van der Waals surface area contributed by atoms with Gasteiger partial charge in [-0.05, 0) is 24.1 Å². The SMILES string of the molecule is Cl.NCCC(=O)Nc1nc2nn(CCc3ccccc3)cc2c2nc(-c3ccco3)nn12. The zero-order valence-electron chi connectivity index (χ0n) is 17.0. The van der Waals surface area contributed by atoms with Gasteiger partial charge in [-0.25, -0.2) is 4.98 Å². The molecule has 0 saturated heterocycles. The van der Waals surface area contributed by atoms with Crippen LogP contribution >= 0.6 is 12.4 Å². The molecule has 10 nitrogen and oxygen atoms in total. The van der Waals surface area contributed by atoms with Gasteiger partial charge >= 0.3 is 0 Å². The molecule has 0 saturated carbocycles. The van der Waals surface area contributed by atoms with E-state index in [0.717, 1.165) is 11.8 Å². The fourth-order valence-electron chi connectivity index (χ4n) is 3.35. The third kappa shape index (κ3) is 4.18. The van der Waals surface area contributed by atoms with Gasteiger partial charge in [-0.3, -0.25) is 14.8 Å². The molecule has 164 valence electrons. The molecule has 0 spiro atoms. The summed E-state index contributed by atoms with van der Waals surface area (Å²) in [5, 5.41) is 12.6. The standard InChI is InChI=1S/C21H20N8O2.ClH/c22-10-8-17(30)23-21-25-18-15(13-28(26-18)11-9-14-5-2-1-3-6-14)20-24-19(27-29(20)21)16-7-4-12-31-16;/h1-7,12-13H,8-11,22H2,(H,23,25,26,30);1H. The first-order valence-electron chi connectivity index (χ1n) is 9.93. The molecule has 3 N–H and O–H groups in total. The first-order valence-corrected chi connectivity index (χ1v) is 9.93. The second-order valence-electron chi connectivity index (χ2n) is 7.04. The summed E-state index contributed by atoms with van der Waals surface area (Å²) in [7, 11) is 0. The molecule has 4 heterocycles. The maximum absolute atomic E-state index is 12.2. The van der Waals surface area contributed by atoms with Crippen LogP contribution < -0.4 is 11.1 Å². The molecule has 5 aromatic rings. The van der Waals surface area contributed by atoms with Gasteiger partial charge in [0.15, 0.2) is 17.1 Å². The number of halogens is 1. The minimum atomic E-state index is -0.255. The van der Waals surface area contributed by atoms with Gasteiger partial charge in [-0.15, -0.1) is 17.5 Å². The molecular weight excluding hydrogens is 432 g/mol. The lowest BCUT2D eigenvalue weighted by atomic mass is 10.1. The van der Waals surface area contributed by atoms with Crippen molar-refractivity contribution in [1.29, 1.82) is 0 Å². The third-order valence-corrected chi connectivity index (χ3v) is 4.84. The molecule has 0 aliphatic carbocycles. The topological polar surface area (TPSA) is 129 Å². The highest BCUT2D eigenvalue weighted by molar-refractivity contribution is 5.94. The van der Waals surface area contributed by atoms with Crippen LogP contribution in [-0.2, 0) is 17.8 Å². The number of rotatable bonds is 7. The summed E-state index contributed by atoms with van der Waals surface area (Å²) in [5.74, 6) is 0.895. The van der Waals surface area contributed by atoms with Gasteiger partial charge in [0.25, 0.3) is 0 Å². The van der Waals surface area contributed by atoms with Crippen LogP contribution in [0.15, 0.2) is 59.3 Å². The number of aryl methyl sites for hydroxylation is 2. The van der Waals surface area contributed by atoms with Crippen molar-refractivity contribution in [1.82, 2.24) is 29.4 Å². The predicted octanol–water partition coefficient (Wildman–Crippen LogP) is 2.69. The van der Waals surface area contributed by atoms with Crippen molar-refractivity contribution >= 4 is 40.9 Å². The van der Waals surface area contributed by atoms with E-state index in [-0.39, 0.29) is 37.2 Å². The second kappa shape index (κ2) is 9.16. The summed E-state index contributed by atoms with van der Waals surface area (Å²) in [5.41, 5.74) is 7.72. The van der Waals surface area contributed by atoms with Gasteiger partial charge in [0, 0.05) is 25.7 Å². The Balaban J connectivity index is 0.00000245. The van der Waals surface area contributed by atoms with Crippen LogP contribution in [-0.4, -0.2) is 41.8 Å². The average molecular weight is 453 g/mol. The Labute approximate surface area is 188 Å². The number of carbonyl (C=O) groups is 1. The van der Waals surface area contributed by atoms with Gasteiger partial charge in [-0.1, -0.05) is 30.3 Å². The molecule has 1 aromatic carbocycles. The third-order valence-electron chi connectivity index (χ3n) is 4.84. The minimum Gasteiger partial charge on any atom is -0.461 e. The Morgan fingerprint density at radius 3 is 2.69 bits per heavy atom. The Morgan fingerprint density at radius 2 is 1.94 bits per heavy atom. The number of amides is 1. The Bertz CT molecular complexity index is 1340. The molecule has 1 amide bonds. The van der Waals surface area contributed by atoms with Crippen LogP contribution in [0.2, 0.25) is 0 Å². The van der Waals surface area contributed by atoms with E-state index in [0.29, 0.717) is 29.4 Å². The number of anilines is 1. The average Bonchev–Trinajstić information content (AvgIpc) is 3.51. The van der Waals surface area contributed by atoms with E-state index < -0.39 is 0 Å². The quantitative estimate of drug-likeness (QED) is 0.388. The molecule has 4 aromatic heterocycles. The fraction of sp³-hybridized carbons (Fsp3) is 0.190. The van der Waals surface area contributed by atoms with Crippen LogP contribution in [0.25, 0.3) is 28.3 Å². The van der Waals surface area contributed by atoms with Crippen molar-refractivity contribution in [3.05, 3.63) is 60.5 Å². The van der Waals surface area contributed by atoms with E-state index in [1.807, 2.05) is 29.1 Å². The van der Waals surface area contributed by atoms with Gasteiger partial charge in [0.1, 0.15) is 0 Å². The van der Waals surface area contributed by atoms with Crippen molar-refractivity contribution in [2.45, 2.75) is 19.4 Å². The fourth-order valence-corrected chi connectivity index (χ4v) is 3.35. The summed E-state index contributed by atoms with van der Waals surface area (Å²) >= 11 is 0. The molecule has 0 radical (unpaired) electrons. The number of hydrogen-bond donors (Lipinski definition) is 2. The summed E-state index contributed by atoms with van der Waals surface area (Å²) in [6.07, 6.45) is 4.45. The molecular formula is C21H21ClN8O2. The Hall–Kier alpha value is -3.76. The largest absolute Gasteiger partial charge is 0.461 e. The summed E-state index contributed by atoms with van der Waals surface area (Å²) in [4.78, 5) is 21.3. The lowest BCUT2D eigenvalue weighted by Gasteiger charge is -2.05. The number of nitrogens with two attached hydrogens (primary N) is 1. The van der Waals surface area contributed by atoms with Gasteiger partial charge in [0.2, 0.25) is 17.7 Å². The molecule has 0 unspecified atom stereocenters. The Morgan fingerprint density at radius 1 is 1.09 bits per heavy atom. The maximum atomic E-state index is 12.2. The monoisotopic (exact) mass is 452 g/mol. The van der Waals surface area contributed by atoms with Crippen LogP contribution in [0.5, 0.6) is 0 Å². The first kappa shape index (κ1) is 21.5. The van der Waals surface area contributed by atoms with Gasteiger partial charge < -0.3 is 10.2 Å². The van der Waals surface area contributed by atoms with E-state index in [1.165, 1.54) is 10.1 Å². The zero-order chi connectivity index (χ0) is 21.2. The lowest BCUT2D eigenvalue weighted by Crippen LogP contribution is -2.19. The smallest absolute Gasteiger partial charge is 0.234 e. The number of fused-ring (bicyclic) bond motifs is 3. The maximum Gasteiger partial charge on any atom is 0.234 e. The highest BCUT2D eigenvalue weighted by atomic mass is 35.5. The van der Waals surface area contributed by atoms with Crippen molar-refractivity contribution < 1.29 is 9.21 Å². The number of nitrogens with one attached hydrogen (secondary N) is 1. The van der Waals surface area contributed by atoms with E-state index in [9.17, 15) is 4.79 Å². The molecule has 11 heteroatoms. The number of benzene rings is 1. The number of nitrogens with zero attached hydrogens (tertiary/aromatic N) is 6. The van der Waals surface area contributed by atoms with Crippen LogP contribution in [0.1, 0.15) is 12.0 Å². The molecule has 32 heavy (non-hydrogen) atoms. The van der Waals surface area contributed by atoms with Crippen molar-refractivity contribution in [2.75, 3.05) is 11.9 Å². The van der Waals surface area contributed by atoms with Crippen molar-refractivity contribution in [3.63, 3.8) is 0 Å². The van der Waals surface area contributed by atoms with E-state index in [2.05, 4.69) is 37.6 Å². The number of aromatic nitrogens is 6. The molecule has 0 aliphatic rings. The van der Waals surface area contributed by atoms with E-state index in [1.54, 1.807) is 18.4 Å². The number of hydrogen-bond acceptors (Lipinski definition) is 7. The molecule has 0 bridgehead atoms. The van der Waals surface area contributed by atoms with Crippen molar-refractivity contribution in [2.24, 2.45) is 5.73 Å². The van der Waals surface area contributed by atoms with Gasteiger partial charge in [-0.2, -0.15) is 14.6 Å².